The highest BCUT2D eigenvalue weighted by Gasteiger charge is 2.20. The molecule has 0 bridgehead atoms. The molecule has 0 fully saturated rings. The van der Waals surface area contributed by atoms with Gasteiger partial charge in [-0.1, -0.05) is 6.07 Å². The molecule has 3 aromatic rings. The van der Waals surface area contributed by atoms with E-state index in [1.165, 1.54) is 28.4 Å². The van der Waals surface area contributed by atoms with Gasteiger partial charge in [0.05, 0.1) is 17.4 Å². The van der Waals surface area contributed by atoms with E-state index in [1.54, 1.807) is 0 Å². The van der Waals surface area contributed by atoms with Crippen LogP contribution in [0.3, 0.4) is 0 Å². The molecule has 0 spiro atoms. The summed E-state index contributed by atoms with van der Waals surface area (Å²) < 4.78 is 27.4. The molecule has 0 amide bonds. The number of nitrogens with one attached hydrogen (secondary N) is 2. The summed E-state index contributed by atoms with van der Waals surface area (Å²) in [6.07, 6.45) is 2.37. The van der Waals surface area contributed by atoms with E-state index in [9.17, 15) is 8.42 Å². The third-order valence-electron chi connectivity index (χ3n) is 4.09. The number of likely N-dealkylation sites (N-methyl/N-ethyl adjacent to an activating group) is 1. The number of anilines is 1. The summed E-state index contributed by atoms with van der Waals surface area (Å²) in [5.74, 6) is 0. The fraction of sp³-hybridized carbons (Fsp3) is 0.267. The first-order valence-corrected chi connectivity index (χ1v) is 9.62. The second-order valence-electron chi connectivity index (χ2n) is 5.76. The summed E-state index contributed by atoms with van der Waals surface area (Å²) in [6.45, 7) is 1.94. The molecule has 2 N–H and O–H groups in total. The maximum Gasteiger partial charge on any atom is 0.273 e. The number of hydrogen-bond donors (Lipinski definition) is 2. The molecule has 0 radical (unpaired) electrons. The first-order valence-electron chi connectivity index (χ1n) is 7.26. The summed E-state index contributed by atoms with van der Waals surface area (Å²) in [5.41, 5.74) is 5.59. The highest BCUT2D eigenvalue weighted by atomic mass is 32.2. The number of rotatable bonds is 3. The van der Waals surface area contributed by atoms with Crippen LogP contribution in [-0.4, -0.2) is 36.9 Å². The number of fused-ring (bicyclic) bond motifs is 3. The number of H-pyrrole nitrogens is 1. The van der Waals surface area contributed by atoms with E-state index in [0.29, 0.717) is 5.69 Å². The van der Waals surface area contributed by atoms with Crippen molar-refractivity contribution in [2.75, 3.05) is 18.3 Å². The molecule has 0 saturated carbocycles. The van der Waals surface area contributed by atoms with Gasteiger partial charge in [0.1, 0.15) is 0 Å². The Morgan fingerprint density at radius 1 is 1.39 bits per heavy atom. The molecule has 0 atom stereocenters. The molecule has 1 aliphatic rings. The zero-order chi connectivity index (χ0) is 16.0. The Morgan fingerprint density at radius 3 is 3.04 bits per heavy atom. The van der Waals surface area contributed by atoms with Crippen LogP contribution in [0.25, 0.3) is 10.9 Å². The average molecular weight is 348 g/mol. The van der Waals surface area contributed by atoms with Gasteiger partial charge in [0.2, 0.25) is 0 Å². The lowest BCUT2D eigenvalue weighted by Crippen LogP contribution is -2.26. The number of thiazole rings is 1. The lowest BCUT2D eigenvalue weighted by molar-refractivity contribution is 0.310. The summed E-state index contributed by atoms with van der Waals surface area (Å²) >= 11 is 1.10. The molecule has 6 nitrogen and oxygen atoms in total. The van der Waals surface area contributed by atoms with Crippen molar-refractivity contribution in [2.45, 2.75) is 17.2 Å². The molecule has 4 rings (SSSR count). The highest BCUT2D eigenvalue weighted by Crippen LogP contribution is 2.29. The molecule has 120 valence electrons. The smallest absolute Gasteiger partial charge is 0.273 e. The number of aromatic amines is 1. The van der Waals surface area contributed by atoms with Crippen molar-refractivity contribution >= 4 is 38.0 Å². The van der Waals surface area contributed by atoms with Gasteiger partial charge in [-0.3, -0.25) is 9.71 Å². The minimum absolute atomic E-state index is 0.213. The largest absolute Gasteiger partial charge is 0.357 e. The zero-order valence-electron chi connectivity index (χ0n) is 12.5. The first-order chi connectivity index (χ1) is 11.0. The fourth-order valence-electron chi connectivity index (χ4n) is 2.99. The van der Waals surface area contributed by atoms with Crippen molar-refractivity contribution in [1.82, 2.24) is 14.9 Å². The van der Waals surface area contributed by atoms with E-state index >= 15 is 0 Å². The van der Waals surface area contributed by atoms with E-state index in [-0.39, 0.29) is 4.21 Å². The van der Waals surface area contributed by atoms with Gasteiger partial charge in [0.25, 0.3) is 10.0 Å². The molecule has 0 aliphatic carbocycles. The lowest BCUT2D eigenvalue weighted by Gasteiger charge is -2.22. The van der Waals surface area contributed by atoms with Crippen LogP contribution in [0.5, 0.6) is 0 Å². The van der Waals surface area contributed by atoms with E-state index in [4.69, 9.17) is 0 Å². The molecular formula is C15H16N4O2S2. The van der Waals surface area contributed by atoms with Crippen LogP contribution >= 0.6 is 11.3 Å². The number of benzene rings is 1. The van der Waals surface area contributed by atoms with Gasteiger partial charge < -0.3 is 9.88 Å². The van der Waals surface area contributed by atoms with Gasteiger partial charge >= 0.3 is 0 Å². The van der Waals surface area contributed by atoms with Crippen LogP contribution in [-0.2, 0) is 23.0 Å². The van der Waals surface area contributed by atoms with Crippen LogP contribution in [0, 0.1) is 0 Å². The lowest BCUT2D eigenvalue weighted by atomic mass is 10.0. The van der Waals surface area contributed by atoms with Crippen molar-refractivity contribution in [3.8, 4) is 0 Å². The van der Waals surface area contributed by atoms with Crippen LogP contribution < -0.4 is 4.72 Å². The Labute approximate surface area is 138 Å². The minimum atomic E-state index is -3.57. The Hall–Kier alpha value is -1.90. The number of nitrogens with zero attached hydrogens (tertiary/aromatic N) is 2. The maximum absolute atomic E-state index is 12.3. The van der Waals surface area contributed by atoms with E-state index in [1.807, 2.05) is 18.2 Å². The minimum Gasteiger partial charge on any atom is -0.357 e. The molecule has 8 heteroatoms. The quantitative estimate of drug-likeness (QED) is 0.762. The Kier molecular flexibility index (Phi) is 3.40. The normalized spacial score (nSPS) is 15.7. The van der Waals surface area contributed by atoms with Gasteiger partial charge in [0.15, 0.2) is 4.21 Å². The van der Waals surface area contributed by atoms with Crippen LogP contribution in [0.4, 0.5) is 5.69 Å². The summed E-state index contributed by atoms with van der Waals surface area (Å²) in [4.78, 5) is 9.51. The number of sulfonamides is 1. The molecule has 3 heterocycles. The number of hydrogen-bond acceptors (Lipinski definition) is 5. The second kappa shape index (κ2) is 5.33. The Morgan fingerprint density at radius 2 is 2.26 bits per heavy atom. The van der Waals surface area contributed by atoms with Crippen molar-refractivity contribution < 1.29 is 8.42 Å². The predicted octanol–water partition coefficient (Wildman–Crippen LogP) is 2.41. The van der Waals surface area contributed by atoms with Gasteiger partial charge in [-0.05, 0) is 31.2 Å². The van der Waals surface area contributed by atoms with Crippen LogP contribution in [0.15, 0.2) is 34.1 Å². The molecule has 0 unspecified atom stereocenters. The molecule has 23 heavy (non-hydrogen) atoms. The SMILES string of the molecule is CN1CCc2c([nH]c3cc(NS(=O)(=O)c4cncs4)ccc23)C1. The highest BCUT2D eigenvalue weighted by molar-refractivity contribution is 7.94. The molecule has 2 aromatic heterocycles. The van der Waals surface area contributed by atoms with E-state index < -0.39 is 10.0 Å². The van der Waals surface area contributed by atoms with Gasteiger partial charge in [-0.15, -0.1) is 11.3 Å². The Bertz CT molecular complexity index is 961. The van der Waals surface area contributed by atoms with Crippen molar-refractivity contribution in [3.63, 3.8) is 0 Å². The summed E-state index contributed by atoms with van der Waals surface area (Å²) in [7, 11) is -1.47. The van der Waals surface area contributed by atoms with Crippen LogP contribution in [0.1, 0.15) is 11.3 Å². The van der Waals surface area contributed by atoms with Crippen molar-refractivity contribution in [3.05, 3.63) is 41.2 Å². The number of aromatic nitrogens is 2. The van der Waals surface area contributed by atoms with Crippen molar-refractivity contribution in [1.29, 1.82) is 0 Å². The average Bonchev–Trinajstić information content (AvgIpc) is 3.13. The molecule has 1 aromatic carbocycles. The summed E-state index contributed by atoms with van der Waals surface area (Å²) in [6, 6.07) is 5.65. The second-order valence-corrected chi connectivity index (χ2v) is 8.55. The van der Waals surface area contributed by atoms with Crippen molar-refractivity contribution in [2.24, 2.45) is 0 Å². The molecular weight excluding hydrogens is 332 g/mol. The topological polar surface area (TPSA) is 78.1 Å². The van der Waals surface area contributed by atoms with Gasteiger partial charge in [-0.25, -0.2) is 8.42 Å². The first kappa shape index (κ1) is 14.7. The third kappa shape index (κ3) is 2.62. The van der Waals surface area contributed by atoms with Crippen LogP contribution in [0.2, 0.25) is 0 Å². The Balaban J connectivity index is 1.70. The monoisotopic (exact) mass is 348 g/mol. The fourth-order valence-corrected chi connectivity index (χ4v) is 4.83. The van der Waals surface area contributed by atoms with E-state index in [0.717, 1.165) is 36.4 Å². The maximum atomic E-state index is 12.3. The third-order valence-corrected chi connectivity index (χ3v) is 6.74. The van der Waals surface area contributed by atoms with Gasteiger partial charge in [-0.2, -0.15) is 0 Å². The van der Waals surface area contributed by atoms with Gasteiger partial charge in [0, 0.05) is 29.7 Å². The molecule has 1 aliphatic heterocycles. The zero-order valence-corrected chi connectivity index (χ0v) is 14.2. The summed E-state index contributed by atoms with van der Waals surface area (Å²) in [5, 5.41) is 1.17. The molecule has 0 saturated heterocycles. The van der Waals surface area contributed by atoms with E-state index in [2.05, 4.69) is 26.6 Å². The standard InChI is InChI=1S/C15H16N4O2S2/c1-19-5-4-12-11-3-2-10(6-13(11)17-14(12)8-19)18-23(20,21)15-7-16-9-22-15/h2-3,6-7,9,17-18H,4-5,8H2,1H3. The predicted molar refractivity (Wildman–Crippen MR) is 91.3 cm³/mol.